The topological polar surface area (TPSA) is 123 Å². The number of methoxy groups -OCH3 is 1. The van der Waals surface area contributed by atoms with Gasteiger partial charge in [-0.1, -0.05) is 0 Å². The van der Waals surface area contributed by atoms with Crippen LogP contribution in [0.15, 0.2) is 24.7 Å². The van der Waals surface area contributed by atoms with E-state index in [1.165, 1.54) is 25.6 Å². The number of rotatable bonds is 7. The van der Waals surface area contributed by atoms with Crippen molar-refractivity contribution in [1.29, 1.82) is 0 Å². The van der Waals surface area contributed by atoms with Gasteiger partial charge in [-0.25, -0.2) is 14.4 Å². The number of nitrogens with one attached hydrogen (secondary N) is 3. The van der Waals surface area contributed by atoms with E-state index in [-0.39, 0.29) is 46.0 Å². The Morgan fingerprint density at radius 3 is 2.71 bits per heavy atom. The van der Waals surface area contributed by atoms with Crippen molar-refractivity contribution >= 4 is 40.0 Å². The Hall–Kier alpha value is -3.97. The number of hydrogen-bond acceptors (Lipinski definition) is 7. The maximum absolute atomic E-state index is 13.2. The molecule has 14 heteroatoms. The van der Waals surface area contributed by atoms with Crippen molar-refractivity contribution in [3.63, 3.8) is 0 Å². The summed E-state index contributed by atoms with van der Waals surface area (Å²) in [5.74, 6) is -2.94. The van der Waals surface area contributed by atoms with Crippen LogP contribution in [0.4, 0.5) is 34.9 Å². The van der Waals surface area contributed by atoms with Gasteiger partial charge in [0.15, 0.2) is 11.6 Å². The Morgan fingerprint density at radius 2 is 2.06 bits per heavy atom. The van der Waals surface area contributed by atoms with Crippen LogP contribution in [-0.2, 0) is 11.3 Å². The van der Waals surface area contributed by atoms with Gasteiger partial charge in [0.05, 0.1) is 30.5 Å². The number of hydrogen-bond donors (Lipinski definition) is 3. The molecular formula is C20H19F4N7O3. The van der Waals surface area contributed by atoms with E-state index in [9.17, 15) is 27.2 Å². The van der Waals surface area contributed by atoms with Crippen molar-refractivity contribution in [1.82, 2.24) is 25.1 Å². The highest BCUT2D eigenvalue weighted by molar-refractivity contribution is 6.02. The molecule has 180 valence electrons. The van der Waals surface area contributed by atoms with E-state index in [1.54, 1.807) is 5.32 Å². The van der Waals surface area contributed by atoms with Crippen molar-refractivity contribution in [2.24, 2.45) is 5.92 Å². The first-order valence-corrected chi connectivity index (χ1v) is 9.75. The predicted octanol–water partition coefficient (Wildman–Crippen LogP) is 2.80. The van der Waals surface area contributed by atoms with Gasteiger partial charge >= 0.3 is 6.18 Å². The Balaban J connectivity index is 1.75. The quantitative estimate of drug-likeness (QED) is 0.441. The number of halogens is 4. The first-order chi connectivity index (χ1) is 17.3. The number of carbonyl (C=O) groups excluding carboxylic acids is 2. The number of fused-ring (bicyclic) bond motifs is 1. The van der Waals surface area contributed by atoms with Gasteiger partial charge in [-0.2, -0.15) is 18.3 Å². The number of pyridine rings is 2. The molecule has 0 radical (unpaired) electrons. The number of alkyl halides is 4. The molecule has 3 N–H and O–H groups in total. The van der Waals surface area contributed by atoms with E-state index in [0.29, 0.717) is 4.68 Å². The molecule has 0 unspecified atom stereocenters. The lowest BCUT2D eigenvalue weighted by Crippen LogP contribution is -2.21. The lowest BCUT2D eigenvalue weighted by atomic mass is 10.2. The van der Waals surface area contributed by atoms with Gasteiger partial charge in [0, 0.05) is 34.9 Å². The molecule has 1 aliphatic rings. The molecule has 3 heterocycles. The summed E-state index contributed by atoms with van der Waals surface area (Å²) in [5.41, 5.74) is -0.459. The number of anilines is 3. The van der Waals surface area contributed by atoms with Gasteiger partial charge in [0.2, 0.25) is 5.91 Å². The molecule has 34 heavy (non-hydrogen) atoms. The lowest BCUT2D eigenvalue weighted by Gasteiger charge is -2.16. The minimum Gasteiger partial charge on any atom is -0.491 e. The summed E-state index contributed by atoms with van der Waals surface area (Å²) in [6.45, 7) is -4.26. The molecule has 1 fully saturated rings. The van der Waals surface area contributed by atoms with Gasteiger partial charge < -0.3 is 20.7 Å². The molecule has 3 aromatic rings. The standard InChI is InChI=1S/C20H19F4N7O3/c1-25-18(32)11-7-26-14(30-19(33)10-3-12(10)21)4-13(11)29-17-16(34-2)15-9(5-27-17)6-28-31(15)8-20(22,23)24/h4-7,10,12H,3,8H2,1-2H3,(H,25,32)(H2,26,27,29,30,33)/t10-,12+/m1/s1/i1D3. The SMILES string of the molecule is [2H]C([2H])([2H])NC(=O)c1cnc(NC(=O)[C@@H]2C[C@@H]2F)cc1Nc1ncc2cnn(CC(F)(F)F)c2c1OC. The third-order valence-corrected chi connectivity index (χ3v) is 4.98. The van der Waals surface area contributed by atoms with Crippen LogP contribution < -0.4 is 20.7 Å². The molecule has 1 saturated carbocycles. The molecule has 4 rings (SSSR count). The largest absolute Gasteiger partial charge is 0.491 e. The van der Waals surface area contributed by atoms with Gasteiger partial charge in [-0.15, -0.1) is 0 Å². The molecule has 0 saturated heterocycles. The average Bonchev–Trinajstić information content (AvgIpc) is 3.39. The minimum absolute atomic E-state index is 0.0453. The third kappa shape index (κ3) is 4.70. The molecule has 2 atom stereocenters. The molecule has 0 aliphatic heterocycles. The van der Waals surface area contributed by atoms with Gasteiger partial charge in [0.25, 0.3) is 5.91 Å². The highest BCUT2D eigenvalue weighted by Crippen LogP contribution is 2.37. The number of ether oxygens (including phenoxy) is 1. The Bertz CT molecular complexity index is 1360. The molecule has 0 spiro atoms. The fraction of sp³-hybridized carbons (Fsp3) is 0.350. The zero-order chi connectivity index (χ0) is 27.1. The summed E-state index contributed by atoms with van der Waals surface area (Å²) >= 11 is 0. The normalized spacial score (nSPS) is 19.0. The van der Waals surface area contributed by atoms with Crippen molar-refractivity contribution < 1.29 is 36.0 Å². The fourth-order valence-electron chi connectivity index (χ4n) is 3.28. The zero-order valence-corrected chi connectivity index (χ0v) is 17.4. The van der Waals surface area contributed by atoms with Crippen LogP contribution in [-0.4, -0.2) is 58.0 Å². The first-order valence-electron chi connectivity index (χ1n) is 11.3. The number of amides is 2. The molecular weight excluding hydrogens is 462 g/mol. The lowest BCUT2D eigenvalue weighted by molar-refractivity contribution is -0.141. The smallest absolute Gasteiger partial charge is 0.408 e. The molecule has 1 aliphatic carbocycles. The van der Waals surface area contributed by atoms with Crippen LogP contribution in [0, 0.1) is 5.92 Å². The van der Waals surface area contributed by atoms with E-state index >= 15 is 0 Å². The second-order valence-corrected chi connectivity index (χ2v) is 7.40. The Labute approximate surface area is 193 Å². The third-order valence-electron chi connectivity index (χ3n) is 4.98. The number of carbonyl (C=O) groups is 2. The Morgan fingerprint density at radius 1 is 1.29 bits per heavy atom. The second kappa shape index (κ2) is 8.76. The van der Waals surface area contributed by atoms with Gasteiger partial charge in [-0.05, 0) is 6.42 Å². The predicted molar refractivity (Wildman–Crippen MR) is 113 cm³/mol. The monoisotopic (exact) mass is 484 g/mol. The molecule has 10 nitrogen and oxygen atoms in total. The van der Waals surface area contributed by atoms with Gasteiger partial charge in [0.1, 0.15) is 24.1 Å². The van der Waals surface area contributed by atoms with E-state index in [4.69, 9.17) is 8.85 Å². The van der Waals surface area contributed by atoms with E-state index in [0.717, 1.165) is 6.20 Å². The summed E-state index contributed by atoms with van der Waals surface area (Å²) in [6.07, 6.45) is -2.43. The highest BCUT2D eigenvalue weighted by atomic mass is 19.4. The molecule has 0 aromatic carbocycles. The molecule has 0 bridgehead atoms. The highest BCUT2D eigenvalue weighted by Gasteiger charge is 2.43. The summed E-state index contributed by atoms with van der Waals surface area (Å²) in [4.78, 5) is 32.8. The van der Waals surface area contributed by atoms with Crippen LogP contribution in [0.1, 0.15) is 20.9 Å². The van der Waals surface area contributed by atoms with Crippen LogP contribution >= 0.6 is 0 Å². The van der Waals surface area contributed by atoms with Crippen molar-refractivity contribution in [3.05, 3.63) is 30.2 Å². The average molecular weight is 484 g/mol. The van der Waals surface area contributed by atoms with Crippen LogP contribution in [0.2, 0.25) is 0 Å². The summed E-state index contributed by atoms with van der Waals surface area (Å²) in [7, 11) is 1.19. The second-order valence-electron chi connectivity index (χ2n) is 7.40. The van der Waals surface area contributed by atoms with Crippen molar-refractivity contribution in [2.75, 3.05) is 24.7 Å². The fourth-order valence-corrected chi connectivity index (χ4v) is 3.28. The van der Waals surface area contributed by atoms with E-state index < -0.39 is 43.6 Å². The summed E-state index contributed by atoms with van der Waals surface area (Å²) in [6, 6.07) is 1.17. The number of aromatic nitrogens is 4. The Kier molecular flexibility index (Phi) is 5.02. The minimum atomic E-state index is -4.58. The van der Waals surface area contributed by atoms with Crippen LogP contribution in [0.5, 0.6) is 5.75 Å². The maximum atomic E-state index is 13.2. The van der Waals surface area contributed by atoms with Gasteiger partial charge in [-0.3, -0.25) is 14.3 Å². The molecule has 3 aromatic heterocycles. The van der Waals surface area contributed by atoms with Crippen molar-refractivity contribution in [3.8, 4) is 5.75 Å². The van der Waals surface area contributed by atoms with Crippen molar-refractivity contribution in [2.45, 2.75) is 25.3 Å². The maximum Gasteiger partial charge on any atom is 0.408 e. The summed E-state index contributed by atoms with van der Waals surface area (Å²) in [5, 5.41) is 10.9. The van der Waals surface area contributed by atoms with Crippen LogP contribution in [0.25, 0.3) is 10.9 Å². The zero-order valence-electron chi connectivity index (χ0n) is 20.4. The molecule has 2 amide bonds. The van der Waals surface area contributed by atoms with Crippen LogP contribution in [0.3, 0.4) is 0 Å². The first kappa shape index (κ1) is 19.5. The summed E-state index contributed by atoms with van der Waals surface area (Å²) < 4.78 is 80.2. The van der Waals surface area contributed by atoms with E-state index in [2.05, 4.69) is 25.7 Å². The van der Waals surface area contributed by atoms with E-state index in [1.807, 2.05) is 0 Å². The number of nitrogens with zero attached hydrogens (tertiary/aromatic N) is 4.